The largest absolute Gasteiger partial charge is 0.368 e. The Morgan fingerprint density at radius 2 is 2.35 bits per heavy atom. The van der Waals surface area contributed by atoms with E-state index < -0.39 is 0 Å². The van der Waals surface area contributed by atoms with Gasteiger partial charge in [0.15, 0.2) is 0 Å². The number of allylic oxidation sites excluding steroid dienone is 1. The first kappa shape index (κ1) is 15.6. The monoisotopic (exact) mass is 326 g/mol. The zero-order chi connectivity index (χ0) is 16.2. The summed E-state index contributed by atoms with van der Waals surface area (Å²) in [5.74, 6) is 0. The predicted octanol–water partition coefficient (Wildman–Crippen LogP) is 4.40. The predicted molar refractivity (Wildman–Crippen MR) is 93.4 cm³/mol. The SMILES string of the molecule is CCN(c1ccc(C#N)c(Cl)c1)C1CCC=C(c2c[nH]cn2)C1. The summed E-state index contributed by atoms with van der Waals surface area (Å²) >= 11 is 6.20. The Kier molecular flexibility index (Phi) is 4.68. The molecule has 1 atom stereocenters. The van der Waals surface area contributed by atoms with Crippen LogP contribution >= 0.6 is 11.6 Å². The van der Waals surface area contributed by atoms with Gasteiger partial charge in [0.05, 0.1) is 22.6 Å². The summed E-state index contributed by atoms with van der Waals surface area (Å²) in [6.45, 7) is 3.05. The molecule has 2 aromatic rings. The molecule has 3 rings (SSSR count). The number of halogens is 1. The van der Waals surface area contributed by atoms with Gasteiger partial charge in [-0.05, 0) is 50.0 Å². The molecular weight excluding hydrogens is 308 g/mol. The fraction of sp³-hybridized carbons (Fsp3) is 0.333. The Hall–Kier alpha value is -2.25. The second-order valence-corrected chi connectivity index (χ2v) is 6.09. The summed E-state index contributed by atoms with van der Waals surface area (Å²) in [5, 5.41) is 9.54. The standard InChI is InChI=1S/C18H19ClN4/c1-2-23(16-7-6-14(10-20)17(19)9-16)15-5-3-4-13(8-15)18-11-21-12-22-18/h4,6-7,9,11-12,15H,2-3,5,8H2,1H3,(H,21,22). The number of H-pyrrole nitrogens is 1. The third-order valence-electron chi connectivity index (χ3n) is 4.36. The van der Waals surface area contributed by atoms with Crippen LogP contribution in [0, 0.1) is 11.3 Å². The fourth-order valence-electron chi connectivity index (χ4n) is 3.23. The van der Waals surface area contributed by atoms with Crippen LogP contribution in [0.2, 0.25) is 5.02 Å². The van der Waals surface area contributed by atoms with Crippen LogP contribution in [-0.2, 0) is 0 Å². The van der Waals surface area contributed by atoms with Crippen LogP contribution in [0.3, 0.4) is 0 Å². The quantitative estimate of drug-likeness (QED) is 0.906. The Labute approximate surface area is 141 Å². The molecule has 0 bridgehead atoms. The second-order valence-electron chi connectivity index (χ2n) is 5.68. The lowest BCUT2D eigenvalue weighted by Crippen LogP contribution is -2.36. The van der Waals surface area contributed by atoms with Crippen LogP contribution in [0.15, 0.2) is 36.8 Å². The number of nitriles is 1. The maximum atomic E-state index is 9.03. The third kappa shape index (κ3) is 3.25. The Balaban J connectivity index is 1.83. The lowest BCUT2D eigenvalue weighted by atomic mass is 9.91. The fourth-order valence-corrected chi connectivity index (χ4v) is 3.44. The van der Waals surface area contributed by atoms with Crippen molar-refractivity contribution in [1.82, 2.24) is 9.97 Å². The van der Waals surface area contributed by atoms with Crippen LogP contribution in [0.5, 0.6) is 0 Å². The average molecular weight is 327 g/mol. The molecule has 1 N–H and O–H groups in total. The van der Waals surface area contributed by atoms with Crippen molar-refractivity contribution < 1.29 is 0 Å². The van der Waals surface area contributed by atoms with E-state index >= 15 is 0 Å². The number of hydrogen-bond acceptors (Lipinski definition) is 3. The summed E-state index contributed by atoms with van der Waals surface area (Å²) in [7, 11) is 0. The molecule has 5 heteroatoms. The van der Waals surface area contributed by atoms with Crippen molar-refractivity contribution in [2.45, 2.75) is 32.2 Å². The molecule has 1 unspecified atom stereocenters. The first-order chi connectivity index (χ1) is 11.2. The number of aromatic nitrogens is 2. The van der Waals surface area contributed by atoms with Crippen molar-refractivity contribution in [1.29, 1.82) is 5.26 Å². The van der Waals surface area contributed by atoms with Crippen LogP contribution in [0.4, 0.5) is 5.69 Å². The normalized spacial score (nSPS) is 17.4. The van der Waals surface area contributed by atoms with Crippen molar-refractivity contribution >= 4 is 22.9 Å². The topological polar surface area (TPSA) is 55.7 Å². The van der Waals surface area contributed by atoms with E-state index in [1.165, 1.54) is 5.57 Å². The average Bonchev–Trinajstić information content (AvgIpc) is 3.11. The highest BCUT2D eigenvalue weighted by Gasteiger charge is 2.23. The molecule has 0 spiro atoms. The highest BCUT2D eigenvalue weighted by Crippen LogP contribution is 2.32. The molecule has 0 fully saturated rings. The van der Waals surface area contributed by atoms with E-state index in [9.17, 15) is 0 Å². The zero-order valence-electron chi connectivity index (χ0n) is 13.1. The van der Waals surface area contributed by atoms with Gasteiger partial charge in [-0.1, -0.05) is 17.7 Å². The number of rotatable bonds is 4. The summed E-state index contributed by atoms with van der Waals surface area (Å²) in [5.41, 5.74) is 3.92. The van der Waals surface area contributed by atoms with Crippen molar-refractivity contribution in [3.05, 3.63) is 53.1 Å². The van der Waals surface area contributed by atoms with Crippen LogP contribution < -0.4 is 4.90 Å². The third-order valence-corrected chi connectivity index (χ3v) is 4.67. The Bertz CT molecular complexity index is 743. The number of aromatic amines is 1. The second kappa shape index (κ2) is 6.89. The Morgan fingerprint density at radius 1 is 1.48 bits per heavy atom. The Morgan fingerprint density at radius 3 is 3.00 bits per heavy atom. The van der Waals surface area contributed by atoms with Crippen LogP contribution in [0.25, 0.3) is 5.57 Å². The molecule has 1 aromatic heterocycles. The van der Waals surface area contributed by atoms with Crippen molar-refractivity contribution in [2.75, 3.05) is 11.4 Å². The molecule has 1 heterocycles. The van der Waals surface area contributed by atoms with Gasteiger partial charge in [-0.15, -0.1) is 0 Å². The molecule has 23 heavy (non-hydrogen) atoms. The first-order valence-corrected chi connectivity index (χ1v) is 8.25. The van der Waals surface area contributed by atoms with E-state index in [0.29, 0.717) is 16.6 Å². The van der Waals surface area contributed by atoms with Gasteiger partial charge in [0.2, 0.25) is 0 Å². The van der Waals surface area contributed by atoms with E-state index in [1.54, 1.807) is 12.4 Å². The molecule has 0 radical (unpaired) electrons. The molecule has 0 saturated heterocycles. The van der Waals surface area contributed by atoms with Gasteiger partial charge in [0.1, 0.15) is 6.07 Å². The summed E-state index contributed by atoms with van der Waals surface area (Å²) in [6.07, 6.45) is 9.08. The lowest BCUT2D eigenvalue weighted by molar-refractivity contribution is 0.559. The molecule has 118 valence electrons. The zero-order valence-corrected chi connectivity index (χ0v) is 13.8. The smallest absolute Gasteiger partial charge is 0.101 e. The number of anilines is 1. The maximum absolute atomic E-state index is 9.03. The van der Waals surface area contributed by atoms with Crippen molar-refractivity contribution in [2.24, 2.45) is 0 Å². The molecule has 1 aromatic carbocycles. The minimum atomic E-state index is 0.417. The van der Waals surface area contributed by atoms with Gasteiger partial charge >= 0.3 is 0 Å². The number of nitrogens with one attached hydrogen (secondary N) is 1. The van der Waals surface area contributed by atoms with E-state index in [2.05, 4.69) is 33.9 Å². The maximum Gasteiger partial charge on any atom is 0.101 e. The molecule has 4 nitrogen and oxygen atoms in total. The van der Waals surface area contributed by atoms with Crippen molar-refractivity contribution in [3.63, 3.8) is 0 Å². The van der Waals surface area contributed by atoms with E-state index in [4.69, 9.17) is 16.9 Å². The number of imidazole rings is 1. The van der Waals surface area contributed by atoms with E-state index in [0.717, 1.165) is 37.2 Å². The molecule has 0 amide bonds. The number of hydrogen-bond donors (Lipinski definition) is 1. The van der Waals surface area contributed by atoms with Crippen LogP contribution in [-0.4, -0.2) is 22.6 Å². The molecular formula is C18H19ClN4. The van der Waals surface area contributed by atoms with Gasteiger partial charge in [0, 0.05) is 24.5 Å². The summed E-state index contributed by atoms with van der Waals surface area (Å²) in [6, 6.07) is 8.22. The highest BCUT2D eigenvalue weighted by atomic mass is 35.5. The van der Waals surface area contributed by atoms with Gasteiger partial charge < -0.3 is 9.88 Å². The van der Waals surface area contributed by atoms with Gasteiger partial charge in [-0.2, -0.15) is 5.26 Å². The summed E-state index contributed by atoms with van der Waals surface area (Å²) in [4.78, 5) is 9.76. The summed E-state index contributed by atoms with van der Waals surface area (Å²) < 4.78 is 0. The van der Waals surface area contributed by atoms with Gasteiger partial charge in [-0.3, -0.25) is 0 Å². The van der Waals surface area contributed by atoms with E-state index in [1.807, 2.05) is 18.3 Å². The minimum absolute atomic E-state index is 0.417. The lowest BCUT2D eigenvalue weighted by Gasteiger charge is -2.35. The molecule has 0 saturated carbocycles. The number of benzene rings is 1. The van der Waals surface area contributed by atoms with Crippen LogP contribution in [0.1, 0.15) is 37.4 Å². The number of nitrogens with zero attached hydrogens (tertiary/aromatic N) is 3. The van der Waals surface area contributed by atoms with Gasteiger partial charge in [0.25, 0.3) is 0 Å². The highest BCUT2D eigenvalue weighted by molar-refractivity contribution is 6.32. The van der Waals surface area contributed by atoms with Crippen molar-refractivity contribution in [3.8, 4) is 6.07 Å². The molecule has 1 aliphatic rings. The minimum Gasteiger partial charge on any atom is -0.368 e. The van der Waals surface area contributed by atoms with Gasteiger partial charge in [-0.25, -0.2) is 4.98 Å². The molecule has 1 aliphatic carbocycles. The molecule has 0 aliphatic heterocycles. The first-order valence-electron chi connectivity index (χ1n) is 7.87. The van der Waals surface area contributed by atoms with E-state index in [-0.39, 0.29) is 0 Å².